The summed E-state index contributed by atoms with van der Waals surface area (Å²) < 4.78 is 71.1. The molecule has 23 heteroatoms. The Kier molecular flexibility index (Phi) is 16.5. The lowest BCUT2D eigenvalue weighted by molar-refractivity contribution is 0.247. The largest absolute Gasteiger partial charge is 0.416 e. The molecule has 0 saturated heterocycles. The van der Waals surface area contributed by atoms with Crippen LogP contribution >= 0.6 is 0 Å². The van der Waals surface area contributed by atoms with Crippen LogP contribution in [0.2, 0.25) is 144 Å². The van der Waals surface area contributed by atoms with Crippen LogP contribution in [0.5, 0.6) is 0 Å². The summed E-state index contributed by atoms with van der Waals surface area (Å²) in [6.45, 7) is 43.9. The second-order valence-corrected chi connectivity index (χ2v) is 56.1. The third kappa shape index (κ3) is 22.0. The van der Waals surface area contributed by atoms with Crippen molar-refractivity contribution in [2.24, 2.45) is 0 Å². The van der Waals surface area contributed by atoms with E-state index < -0.39 is 94.2 Å². The molecule has 0 rings (SSSR count). The van der Waals surface area contributed by atoms with Gasteiger partial charge in [0.05, 0.1) is 0 Å². The molecule has 0 bridgehead atoms. The number of hydrogen-bond donors (Lipinski definition) is 1. The van der Waals surface area contributed by atoms with Crippen LogP contribution in [0.15, 0.2) is 0 Å². The lowest BCUT2D eigenvalue weighted by Gasteiger charge is -2.44. The Balaban J connectivity index is 5.51. The topological polar surface area (TPSA) is 122 Å². The molecule has 0 heterocycles. The predicted molar refractivity (Wildman–Crippen MR) is 212 cm³/mol. The zero-order valence-corrected chi connectivity index (χ0v) is 44.4. The van der Waals surface area contributed by atoms with Crippen molar-refractivity contribution in [1.82, 2.24) is 0 Å². The van der Waals surface area contributed by atoms with Gasteiger partial charge in [-0.25, -0.2) is 0 Å². The minimum Gasteiger partial charge on any atom is -0.416 e. The minimum absolute atomic E-state index is 1.69. The molecule has 0 atom stereocenters. The van der Waals surface area contributed by atoms with Crippen molar-refractivity contribution < 1.29 is 50.4 Å². The summed E-state index contributed by atoms with van der Waals surface area (Å²) in [6, 6.07) is 0. The lowest BCUT2D eigenvalue weighted by Crippen LogP contribution is -2.62. The van der Waals surface area contributed by atoms with E-state index in [1.165, 1.54) is 0 Å². The molecule has 0 radical (unpaired) electrons. The molecule has 0 unspecified atom stereocenters. The highest BCUT2D eigenvalue weighted by atomic mass is 28.5. The fourth-order valence-electron chi connectivity index (χ4n) is 6.16. The Morgan fingerprint density at radius 1 is 0.239 bits per heavy atom. The molecule has 0 aromatic carbocycles. The monoisotopic (exact) mass is 846 g/mol. The number of rotatable bonds is 21. The first-order valence-electron chi connectivity index (χ1n) is 15.9. The third-order valence-corrected chi connectivity index (χ3v) is 45.8. The molecule has 0 aromatic rings. The summed E-state index contributed by atoms with van der Waals surface area (Å²) in [6.07, 6.45) is 0. The molecule has 46 heavy (non-hydrogen) atoms. The van der Waals surface area contributed by atoms with E-state index in [4.69, 9.17) is 45.6 Å². The van der Waals surface area contributed by atoms with Gasteiger partial charge in [0.15, 0.2) is 0 Å². The van der Waals surface area contributed by atoms with E-state index in [1.54, 1.807) is 20.2 Å². The Hall–Kier alpha value is 1.91. The van der Waals surface area contributed by atoms with Gasteiger partial charge in [-0.05, 0) is 144 Å². The second-order valence-electron chi connectivity index (χ2n) is 16.7. The van der Waals surface area contributed by atoms with Crippen LogP contribution in [-0.4, -0.2) is 106 Å². The molecule has 0 aromatic heterocycles. The Labute approximate surface area is 294 Å². The normalized spacial score (nSPS) is 15.9. The third-order valence-electron chi connectivity index (χ3n) is 5.41. The summed E-state index contributed by atoms with van der Waals surface area (Å²) in [5, 5.41) is 0. The Bertz CT molecular complexity index is 985. The van der Waals surface area contributed by atoms with Gasteiger partial charge in [-0.2, -0.15) is 0 Å². The average Bonchev–Trinajstić information content (AvgIpc) is 2.55. The quantitative estimate of drug-likeness (QED) is 0.115. The van der Waals surface area contributed by atoms with Crippen LogP contribution in [0, 0.1) is 0 Å². The SMILES string of the molecule is CO[Si](C)(C)O[Si](C)(C)O[Si](C)(C)O[Si](C)(C)O[Si](C)(C)O[Si](C)(C)O[Si](C)(C)O[Si](C)(C)O[Si](C)(C)O[Si](C)(C)O[Si](C)(C)O. The van der Waals surface area contributed by atoms with Crippen LogP contribution in [-0.2, 0) is 45.6 Å². The van der Waals surface area contributed by atoms with Crippen LogP contribution in [0.4, 0.5) is 0 Å². The molecule has 12 nitrogen and oxygen atoms in total. The fraction of sp³-hybridized carbons (Fsp3) is 1.00. The molecule has 0 saturated carbocycles. The van der Waals surface area contributed by atoms with Crippen LogP contribution in [0.3, 0.4) is 0 Å². The van der Waals surface area contributed by atoms with E-state index in [0.29, 0.717) is 0 Å². The molecule has 0 fully saturated rings. The van der Waals surface area contributed by atoms with Crippen molar-refractivity contribution in [2.45, 2.75) is 144 Å². The summed E-state index contributed by atoms with van der Waals surface area (Å²) in [5.74, 6) is 0. The van der Waals surface area contributed by atoms with Crippen LogP contribution in [0.1, 0.15) is 0 Å². The first-order chi connectivity index (χ1) is 19.6. The highest BCUT2D eigenvalue weighted by Crippen LogP contribution is 2.31. The molecule has 278 valence electrons. The van der Waals surface area contributed by atoms with Crippen LogP contribution < -0.4 is 0 Å². The highest BCUT2D eigenvalue weighted by Gasteiger charge is 2.51. The van der Waals surface area contributed by atoms with Gasteiger partial charge in [0, 0.05) is 7.11 Å². The van der Waals surface area contributed by atoms with Gasteiger partial charge in [-0.3, -0.25) is 0 Å². The highest BCUT2D eigenvalue weighted by molar-refractivity contribution is 6.93. The molecule has 0 aliphatic rings. The zero-order valence-electron chi connectivity index (χ0n) is 33.4. The van der Waals surface area contributed by atoms with Gasteiger partial charge >= 0.3 is 94.2 Å². The van der Waals surface area contributed by atoms with Gasteiger partial charge in [0.2, 0.25) is 0 Å². The molecule has 0 amide bonds. The predicted octanol–water partition coefficient (Wildman–Crippen LogP) is 7.51. The standard InChI is InChI=1S/C23H70O12Si11/c1-25-37(4,5)27-39(8,9)29-41(12,13)31-43(16,17)33-45(20,21)35-46(22,23)34-44(18,19)32-42(14,15)30-40(10,11)28-38(6,7)26-36(2,3)24/h24H,1-23H3. The lowest BCUT2D eigenvalue weighted by atomic mass is 11.8. The molecule has 1 N–H and O–H groups in total. The first-order valence-corrected chi connectivity index (χ1v) is 46.9. The summed E-state index contributed by atoms with van der Waals surface area (Å²) in [7, 11) is -27.2. The van der Waals surface area contributed by atoms with E-state index in [9.17, 15) is 4.80 Å². The van der Waals surface area contributed by atoms with Gasteiger partial charge in [0.25, 0.3) is 0 Å². The zero-order chi connectivity index (χ0) is 37.3. The minimum atomic E-state index is -2.74. The van der Waals surface area contributed by atoms with Crippen molar-refractivity contribution in [2.75, 3.05) is 7.11 Å². The van der Waals surface area contributed by atoms with E-state index in [2.05, 4.69) is 0 Å². The van der Waals surface area contributed by atoms with Crippen molar-refractivity contribution in [3.63, 3.8) is 0 Å². The molecule has 0 spiro atoms. The van der Waals surface area contributed by atoms with Gasteiger partial charge in [0.1, 0.15) is 0 Å². The number of hydrogen-bond acceptors (Lipinski definition) is 12. The van der Waals surface area contributed by atoms with E-state index in [1.807, 2.05) is 131 Å². The summed E-state index contributed by atoms with van der Waals surface area (Å²) >= 11 is 0. The molecular weight excluding hydrogens is 777 g/mol. The van der Waals surface area contributed by atoms with E-state index in [0.717, 1.165) is 0 Å². The van der Waals surface area contributed by atoms with Crippen LogP contribution in [0.25, 0.3) is 0 Å². The average molecular weight is 848 g/mol. The fourth-order valence-corrected chi connectivity index (χ4v) is 58.8. The molecule has 0 aliphatic carbocycles. The maximum atomic E-state index is 10.3. The van der Waals surface area contributed by atoms with Gasteiger partial charge in [-0.1, -0.05) is 0 Å². The van der Waals surface area contributed by atoms with Crippen molar-refractivity contribution in [1.29, 1.82) is 0 Å². The Morgan fingerprint density at radius 3 is 0.500 bits per heavy atom. The van der Waals surface area contributed by atoms with Gasteiger partial charge in [-0.15, -0.1) is 0 Å². The molecular formula is C23H70O12Si11. The second kappa shape index (κ2) is 15.9. The maximum Gasteiger partial charge on any atom is 0.322 e. The van der Waals surface area contributed by atoms with Crippen molar-refractivity contribution in [3.05, 3.63) is 0 Å². The molecule has 0 aliphatic heterocycles. The maximum absolute atomic E-state index is 10.3. The smallest absolute Gasteiger partial charge is 0.322 e. The van der Waals surface area contributed by atoms with Crippen molar-refractivity contribution >= 4 is 94.2 Å². The van der Waals surface area contributed by atoms with Gasteiger partial charge < -0.3 is 50.4 Å². The van der Waals surface area contributed by atoms with Crippen molar-refractivity contribution in [3.8, 4) is 0 Å². The Morgan fingerprint density at radius 2 is 0.370 bits per heavy atom. The first kappa shape index (κ1) is 47.9. The van der Waals surface area contributed by atoms with E-state index in [-0.39, 0.29) is 0 Å². The van der Waals surface area contributed by atoms with E-state index >= 15 is 0 Å². The summed E-state index contributed by atoms with van der Waals surface area (Å²) in [5.41, 5.74) is 0. The summed E-state index contributed by atoms with van der Waals surface area (Å²) in [4.78, 5) is 10.3.